The molecule has 0 spiro atoms. The Balaban J connectivity index is 2.70. The minimum Gasteiger partial charge on any atom is -0.371 e. The number of aryl methyl sites for hydroxylation is 1. The monoisotopic (exact) mass is 219 g/mol. The van der Waals surface area contributed by atoms with Gasteiger partial charge in [-0.1, -0.05) is 18.2 Å². The smallest absolute Gasteiger partial charge is 0.121 e. The van der Waals surface area contributed by atoms with Gasteiger partial charge in [0.05, 0.1) is 5.52 Å². The van der Waals surface area contributed by atoms with Crippen LogP contribution in [0.1, 0.15) is 12.6 Å². The number of nitrogens with two attached hydrogens (primary N) is 1. The number of para-hydroxylation sites is 1. The Hall–Kier alpha value is -1.39. The first-order chi connectivity index (χ1) is 7.62. The molecule has 86 valence electrons. The van der Waals surface area contributed by atoms with Crippen LogP contribution in [0.4, 0.5) is 0 Å². The van der Waals surface area contributed by atoms with Gasteiger partial charge < -0.3 is 10.5 Å². The molecule has 1 heterocycles. The predicted molar refractivity (Wildman–Crippen MR) is 64.1 cm³/mol. The molecule has 1 unspecified atom stereocenters. The van der Waals surface area contributed by atoms with Crippen LogP contribution >= 0.6 is 0 Å². The zero-order valence-electron chi connectivity index (χ0n) is 9.90. The van der Waals surface area contributed by atoms with Gasteiger partial charge in [0.25, 0.3) is 0 Å². The highest BCUT2D eigenvalue weighted by Crippen LogP contribution is 2.29. The maximum absolute atomic E-state index is 5.78. The minimum atomic E-state index is -0.527. The molecule has 0 aliphatic rings. The molecule has 0 radical (unpaired) electrons. The number of hydrogen-bond donors (Lipinski definition) is 1. The Morgan fingerprint density at radius 3 is 2.75 bits per heavy atom. The average Bonchev–Trinajstić information content (AvgIpc) is 2.67. The van der Waals surface area contributed by atoms with Gasteiger partial charge in [-0.25, -0.2) is 0 Å². The molecule has 1 atom stereocenters. The zero-order valence-corrected chi connectivity index (χ0v) is 9.90. The lowest BCUT2D eigenvalue weighted by atomic mass is 9.99. The van der Waals surface area contributed by atoms with Gasteiger partial charge in [-0.15, -0.1) is 0 Å². The highest BCUT2D eigenvalue weighted by molar-refractivity contribution is 5.82. The maximum Gasteiger partial charge on any atom is 0.121 e. The number of rotatable bonds is 3. The van der Waals surface area contributed by atoms with Crippen molar-refractivity contribution in [3.63, 3.8) is 0 Å². The minimum absolute atomic E-state index is 0.407. The maximum atomic E-state index is 5.78. The van der Waals surface area contributed by atoms with E-state index in [0.717, 1.165) is 16.6 Å². The number of ether oxygens (including phenoxy) is 1. The molecular formula is C12H17N3O. The summed E-state index contributed by atoms with van der Waals surface area (Å²) in [6.07, 6.45) is 0. The lowest BCUT2D eigenvalue weighted by Gasteiger charge is -2.24. The lowest BCUT2D eigenvalue weighted by molar-refractivity contribution is 0.00716. The fourth-order valence-corrected chi connectivity index (χ4v) is 1.88. The Morgan fingerprint density at radius 2 is 2.12 bits per heavy atom. The van der Waals surface area contributed by atoms with Gasteiger partial charge in [0, 0.05) is 26.1 Å². The first-order valence-electron chi connectivity index (χ1n) is 5.30. The topological polar surface area (TPSA) is 53.1 Å². The van der Waals surface area contributed by atoms with Crippen LogP contribution in [0.2, 0.25) is 0 Å². The molecule has 1 aromatic heterocycles. The molecule has 16 heavy (non-hydrogen) atoms. The molecule has 2 rings (SSSR count). The summed E-state index contributed by atoms with van der Waals surface area (Å²) in [5, 5.41) is 5.61. The number of aromatic nitrogens is 2. The number of benzene rings is 1. The van der Waals surface area contributed by atoms with Crippen molar-refractivity contribution in [3.05, 3.63) is 30.0 Å². The summed E-state index contributed by atoms with van der Waals surface area (Å²) in [5.74, 6) is 0. The highest BCUT2D eigenvalue weighted by atomic mass is 16.5. The van der Waals surface area contributed by atoms with Gasteiger partial charge in [-0.3, -0.25) is 4.68 Å². The third-order valence-corrected chi connectivity index (χ3v) is 3.10. The van der Waals surface area contributed by atoms with E-state index in [4.69, 9.17) is 10.5 Å². The van der Waals surface area contributed by atoms with E-state index < -0.39 is 5.60 Å². The second kappa shape index (κ2) is 3.88. The summed E-state index contributed by atoms with van der Waals surface area (Å²) in [4.78, 5) is 0. The highest BCUT2D eigenvalue weighted by Gasteiger charge is 2.29. The third-order valence-electron chi connectivity index (χ3n) is 3.10. The molecule has 0 aliphatic heterocycles. The molecular weight excluding hydrogens is 202 g/mol. The van der Waals surface area contributed by atoms with Crippen LogP contribution in [-0.4, -0.2) is 23.4 Å². The molecule has 0 saturated heterocycles. The van der Waals surface area contributed by atoms with Gasteiger partial charge in [0.1, 0.15) is 11.3 Å². The van der Waals surface area contributed by atoms with E-state index in [0.29, 0.717) is 6.54 Å². The molecule has 4 heteroatoms. The Labute approximate surface area is 95.0 Å². The fourth-order valence-electron chi connectivity index (χ4n) is 1.88. The van der Waals surface area contributed by atoms with Crippen molar-refractivity contribution < 1.29 is 4.74 Å². The van der Waals surface area contributed by atoms with Gasteiger partial charge in [0.15, 0.2) is 0 Å². The summed E-state index contributed by atoms with van der Waals surface area (Å²) in [6, 6.07) is 8.09. The second-order valence-electron chi connectivity index (χ2n) is 4.13. The van der Waals surface area contributed by atoms with E-state index in [1.54, 1.807) is 7.11 Å². The SMILES string of the molecule is COC(C)(CN)c1nn(C)c2ccccc12. The molecule has 4 nitrogen and oxygen atoms in total. The standard InChI is InChI=1S/C12H17N3O/c1-12(8-13,16-3)11-9-6-4-5-7-10(9)15(2)14-11/h4-7H,8,13H2,1-3H3. The average molecular weight is 219 g/mol. The van der Waals surface area contributed by atoms with E-state index in [9.17, 15) is 0 Å². The summed E-state index contributed by atoms with van der Waals surface area (Å²) < 4.78 is 7.35. The molecule has 0 fully saturated rings. The summed E-state index contributed by atoms with van der Waals surface area (Å²) in [7, 11) is 3.59. The number of methoxy groups -OCH3 is 1. The van der Waals surface area contributed by atoms with Gasteiger partial charge in [-0.2, -0.15) is 5.10 Å². The Kier molecular flexibility index (Phi) is 2.69. The number of hydrogen-bond acceptors (Lipinski definition) is 3. The first-order valence-corrected chi connectivity index (χ1v) is 5.30. The van der Waals surface area contributed by atoms with Crippen molar-refractivity contribution in [1.82, 2.24) is 9.78 Å². The van der Waals surface area contributed by atoms with Crippen LogP contribution in [0.25, 0.3) is 10.9 Å². The summed E-state index contributed by atoms with van der Waals surface area (Å²) >= 11 is 0. The van der Waals surface area contributed by atoms with Crippen molar-refractivity contribution >= 4 is 10.9 Å². The second-order valence-corrected chi connectivity index (χ2v) is 4.13. The van der Waals surface area contributed by atoms with Crippen molar-refractivity contribution in [2.24, 2.45) is 12.8 Å². The molecule has 0 bridgehead atoms. The van der Waals surface area contributed by atoms with Crippen molar-refractivity contribution in [1.29, 1.82) is 0 Å². The van der Waals surface area contributed by atoms with Crippen LogP contribution in [-0.2, 0) is 17.4 Å². The van der Waals surface area contributed by atoms with Crippen LogP contribution in [0.5, 0.6) is 0 Å². The van der Waals surface area contributed by atoms with E-state index in [-0.39, 0.29) is 0 Å². The third kappa shape index (κ3) is 1.50. The van der Waals surface area contributed by atoms with Crippen LogP contribution < -0.4 is 5.73 Å². The van der Waals surface area contributed by atoms with Crippen LogP contribution in [0.15, 0.2) is 24.3 Å². The molecule has 0 aliphatic carbocycles. The Morgan fingerprint density at radius 1 is 1.44 bits per heavy atom. The lowest BCUT2D eigenvalue weighted by Crippen LogP contribution is -2.34. The normalized spacial score (nSPS) is 15.2. The van der Waals surface area contributed by atoms with Crippen LogP contribution in [0, 0.1) is 0 Å². The van der Waals surface area contributed by atoms with Gasteiger partial charge in [0.2, 0.25) is 0 Å². The summed E-state index contributed by atoms with van der Waals surface area (Å²) in [5.41, 5.74) is 7.24. The van der Waals surface area contributed by atoms with Gasteiger partial charge in [-0.05, 0) is 13.0 Å². The van der Waals surface area contributed by atoms with E-state index in [1.165, 1.54) is 0 Å². The quantitative estimate of drug-likeness (QED) is 0.848. The van der Waals surface area contributed by atoms with Crippen molar-refractivity contribution in [2.45, 2.75) is 12.5 Å². The largest absolute Gasteiger partial charge is 0.371 e. The number of nitrogens with zero attached hydrogens (tertiary/aromatic N) is 2. The molecule has 0 saturated carbocycles. The predicted octanol–water partition coefficient (Wildman–Crippen LogP) is 1.39. The summed E-state index contributed by atoms with van der Waals surface area (Å²) in [6.45, 7) is 2.37. The van der Waals surface area contributed by atoms with Gasteiger partial charge >= 0.3 is 0 Å². The molecule has 2 N–H and O–H groups in total. The fraction of sp³-hybridized carbons (Fsp3) is 0.417. The Bertz CT molecular complexity index is 500. The van der Waals surface area contributed by atoms with E-state index in [2.05, 4.69) is 5.10 Å². The van der Waals surface area contributed by atoms with Crippen molar-refractivity contribution in [2.75, 3.05) is 13.7 Å². The molecule has 0 amide bonds. The van der Waals surface area contributed by atoms with Crippen LogP contribution in [0.3, 0.4) is 0 Å². The number of fused-ring (bicyclic) bond motifs is 1. The van der Waals surface area contributed by atoms with E-state index >= 15 is 0 Å². The molecule has 2 aromatic rings. The zero-order chi connectivity index (χ0) is 11.8. The first kappa shape index (κ1) is 11.1. The molecule has 1 aromatic carbocycles. The van der Waals surface area contributed by atoms with E-state index in [1.807, 2.05) is 42.9 Å². The van der Waals surface area contributed by atoms with Crippen molar-refractivity contribution in [3.8, 4) is 0 Å².